The third-order valence-corrected chi connectivity index (χ3v) is 4.71. The maximum atomic E-state index is 12.9. The van der Waals surface area contributed by atoms with Crippen molar-refractivity contribution >= 4 is 18.2 Å². The molecule has 1 unspecified atom stereocenters. The van der Waals surface area contributed by atoms with E-state index in [4.69, 9.17) is 4.74 Å². The van der Waals surface area contributed by atoms with Crippen LogP contribution in [0.4, 0.5) is 0 Å². The third kappa shape index (κ3) is 2.80. The number of hydrogen-bond acceptors (Lipinski definition) is 10. The monoisotopic (exact) mass is 405 g/mol. The number of ether oxygens (including phenoxy) is 2. The van der Waals surface area contributed by atoms with Crippen LogP contribution in [0.3, 0.4) is 0 Å². The van der Waals surface area contributed by atoms with Crippen LogP contribution in [0.25, 0.3) is 0 Å². The number of nitriles is 4. The van der Waals surface area contributed by atoms with E-state index in [0.717, 1.165) is 18.2 Å². The largest absolute Gasteiger partial charge is 0.466 e. The molecule has 2 heterocycles. The fourth-order valence-corrected chi connectivity index (χ4v) is 3.40. The lowest BCUT2D eigenvalue weighted by atomic mass is 9.55. The normalized spacial score (nSPS) is 20.5. The van der Waals surface area contributed by atoms with Crippen LogP contribution in [-0.2, 0) is 23.9 Å². The maximum Gasteiger partial charge on any atom is 0.355 e. The molecule has 10 nitrogen and oxygen atoms in total. The average molecular weight is 405 g/mol. The zero-order valence-electron chi connectivity index (χ0n) is 16.2. The Morgan fingerprint density at radius 2 is 1.73 bits per heavy atom. The summed E-state index contributed by atoms with van der Waals surface area (Å²) in [7, 11) is 0.954. The van der Waals surface area contributed by atoms with E-state index in [0.29, 0.717) is 6.29 Å². The summed E-state index contributed by atoms with van der Waals surface area (Å²) in [5, 5.41) is 39.7. The SMILES string of the molecule is COC(=O)C1=C(C(=O)OC(C)C)N2C=C(C=O)C=CC2C(C#N)(C#N)C1(C#N)C#N. The summed E-state index contributed by atoms with van der Waals surface area (Å²) in [5.74, 6) is -2.36. The van der Waals surface area contributed by atoms with Crippen molar-refractivity contribution in [2.45, 2.75) is 26.0 Å². The number of aldehydes is 1. The van der Waals surface area contributed by atoms with E-state index >= 15 is 0 Å². The molecule has 0 N–H and O–H groups in total. The highest BCUT2D eigenvalue weighted by molar-refractivity contribution is 6.03. The smallest absolute Gasteiger partial charge is 0.355 e. The van der Waals surface area contributed by atoms with Gasteiger partial charge in [0.15, 0.2) is 6.29 Å². The van der Waals surface area contributed by atoms with Crippen LogP contribution in [0.5, 0.6) is 0 Å². The van der Waals surface area contributed by atoms with Crippen LogP contribution in [0.15, 0.2) is 35.2 Å². The highest BCUT2D eigenvalue weighted by Crippen LogP contribution is 2.55. The van der Waals surface area contributed by atoms with Gasteiger partial charge in [-0.2, -0.15) is 21.0 Å². The third-order valence-electron chi connectivity index (χ3n) is 4.71. The van der Waals surface area contributed by atoms with Crippen molar-refractivity contribution in [1.29, 1.82) is 21.0 Å². The van der Waals surface area contributed by atoms with Gasteiger partial charge in [-0.1, -0.05) is 12.2 Å². The number of nitrogens with zero attached hydrogens (tertiary/aromatic N) is 5. The Kier molecular flexibility index (Phi) is 5.77. The fraction of sp³-hybridized carbons (Fsp3) is 0.350. The first-order valence-electron chi connectivity index (χ1n) is 8.56. The first-order valence-corrected chi connectivity index (χ1v) is 8.56. The van der Waals surface area contributed by atoms with Gasteiger partial charge in [-0.3, -0.25) is 4.79 Å². The van der Waals surface area contributed by atoms with E-state index in [1.165, 1.54) is 26.0 Å². The minimum Gasteiger partial charge on any atom is -0.466 e. The molecule has 0 radical (unpaired) electrons. The second-order valence-electron chi connectivity index (χ2n) is 6.63. The minimum absolute atomic E-state index is 0.0523. The van der Waals surface area contributed by atoms with E-state index in [-0.39, 0.29) is 5.57 Å². The topological polar surface area (TPSA) is 168 Å². The van der Waals surface area contributed by atoms with Crippen molar-refractivity contribution in [1.82, 2.24) is 4.90 Å². The lowest BCUT2D eigenvalue weighted by Gasteiger charge is -2.48. The first-order chi connectivity index (χ1) is 14.2. The molecular weight excluding hydrogens is 390 g/mol. The Balaban J connectivity index is 3.11. The van der Waals surface area contributed by atoms with Gasteiger partial charge in [0, 0.05) is 11.8 Å². The van der Waals surface area contributed by atoms with Crippen LogP contribution in [0, 0.1) is 56.2 Å². The Hall–Kier alpha value is -4.41. The molecule has 0 aliphatic carbocycles. The van der Waals surface area contributed by atoms with Gasteiger partial charge in [0.05, 0.1) is 43.5 Å². The summed E-state index contributed by atoms with van der Waals surface area (Å²) in [6.45, 7) is 3.08. The molecule has 0 fully saturated rings. The first kappa shape index (κ1) is 21.9. The van der Waals surface area contributed by atoms with Gasteiger partial charge in [0.25, 0.3) is 0 Å². The quantitative estimate of drug-likeness (QED) is 0.481. The van der Waals surface area contributed by atoms with Crippen molar-refractivity contribution in [3.8, 4) is 24.3 Å². The van der Waals surface area contributed by atoms with Crippen molar-refractivity contribution in [2.75, 3.05) is 7.11 Å². The summed E-state index contributed by atoms with van der Waals surface area (Å²) in [5.41, 5.74) is -6.45. The summed E-state index contributed by atoms with van der Waals surface area (Å²) < 4.78 is 9.87. The number of rotatable bonds is 4. The molecule has 1 atom stereocenters. The second kappa shape index (κ2) is 7.91. The number of carbonyl (C=O) groups is 3. The number of hydrogen-bond donors (Lipinski definition) is 0. The Bertz CT molecular complexity index is 1040. The van der Waals surface area contributed by atoms with E-state index < -0.39 is 46.2 Å². The van der Waals surface area contributed by atoms with Gasteiger partial charge in [0.2, 0.25) is 10.8 Å². The summed E-state index contributed by atoms with van der Waals surface area (Å²) in [4.78, 5) is 38.0. The lowest BCUT2D eigenvalue weighted by molar-refractivity contribution is -0.147. The molecule has 2 aliphatic rings. The second-order valence-corrected chi connectivity index (χ2v) is 6.63. The lowest BCUT2D eigenvalue weighted by Crippen LogP contribution is -2.60. The molecule has 0 aromatic heterocycles. The fourth-order valence-electron chi connectivity index (χ4n) is 3.40. The molecule has 0 aromatic carbocycles. The van der Waals surface area contributed by atoms with Gasteiger partial charge in [-0.25, -0.2) is 9.59 Å². The van der Waals surface area contributed by atoms with E-state index in [2.05, 4.69) is 4.74 Å². The van der Waals surface area contributed by atoms with Gasteiger partial charge in [-0.15, -0.1) is 0 Å². The van der Waals surface area contributed by atoms with Gasteiger partial charge in [0.1, 0.15) is 11.3 Å². The van der Waals surface area contributed by atoms with Crippen molar-refractivity contribution < 1.29 is 23.9 Å². The molecule has 0 bridgehead atoms. The summed E-state index contributed by atoms with van der Waals surface area (Å²) in [6, 6.07) is 5.23. The molecule has 30 heavy (non-hydrogen) atoms. The zero-order valence-corrected chi connectivity index (χ0v) is 16.2. The molecule has 2 rings (SSSR count). The highest BCUT2D eigenvalue weighted by Gasteiger charge is 2.69. The molecular formula is C20H15N5O5. The maximum absolute atomic E-state index is 12.9. The van der Waals surface area contributed by atoms with Crippen molar-refractivity contribution in [3.63, 3.8) is 0 Å². The number of methoxy groups -OCH3 is 1. The predicted molar refractivity (Wildman–Crippen MR) is 96.5 cm³/mol. The van der Waals surface area contributed by atoms with Crippen LogP contribution in [0.2, 0.25) is 0 Å². The molecule has 150 valence electrons. The minimum atomic E-state index is -2.69. The standard InChI is InChI=1S/C20H15N5O5/c1-12(2)30-18(28)16-15(17(27)29-3)20(10-23,11-24)19(8-21,9-22)14-5-4-13(7-26)6-25(14)16/h4-7,12,14H,1-3H3. The Morgan fingerprint density at radius 1 is 1.13 bits per heavy atom. The van der Waals surface area contributed by atoms with Crippen molar-refractivity contribution in [3.05, 3.63) is 35.2 Å². The number of allylic oxidation sites excluding steroid dienone is 2. The Morgan fingerprint density at radius 3 is 2.17 bits per heavy atom. The predicted octanol–water partition coefficient (Wildman–Crippen LogP) is 0.769. The summed E-state index contributed by atoms with van der Waals surface area (Å²) in [6.07, 6.45) is 3.48. The number of carbonyl (C=O) groups excluding carboxylic acids is 3. The van der Waals surface area contributed by atoms with Crippen LogP contribution in [-0.4, -0.2) is 42.4 Å². The molecule has 0 saturated heterocycles. The average Bonchev–Trinajstić information content (AvgIpc) is 2.75. The number of esters is 2. The number of fused-ring (bicyclic) bond motifs is 1. The van der Waals surface area contributed by atoms with E-state index in [9.17, 15) is 35.4 Å². The van der Waals surface area contributed by atoms with Gasteiger partial charge >= 0.3 is 11.9 Å². The molecule has 2 aliphatic heterocycles. The van der Waals surface area contributed by atoms with Gasteiger partial charge in [-0.05, 0) is 13.8 Å². The molecule has 0 amide bonds. The van der Waals surface area contributed by atoms with Crippen LogP contribution in [0.1, 0.15) is 13.8 Å². The van der Waals surface area contributed by atoms with Crippen LogP contribution >= 0.6 is 0 Å². The van der Waals surface area contributed by atoms with Crippen LogP contribution < -0.4 is 0 Å². The molecule has 0 aromatic rings. The molecule has 10 heteroatoms. The van der Waals surface area contributed by atoms with E-state index in [1.807, 2.05) is 0 Å². The van der Waals surface area contributed by atoms with Crippen molar-refractivity contribution in [2.24, 2.45) is 10.8 Å². The Labute approximate surface area is 172 Å². The summed E-state index contributed by atoms with van der Waals surface area (Å²) >= 11 is 0. The molecule has 0 saturated carbocycles. The molecule has 0 spiro atoms. The highest BCUT2D eigenvalue weighted by atomic mass is 16.5. The van der Waals surface area contributed by atoms with E-state index in [1.54, 1.807) is 24.3 Å². The zero-order chi connectivity index (χ0) is 22.7. The van der Waals surface area contributed by atoms with Gasteiger partial charge < -0.3 is 14.4 Å².